The van der Waals surface area contributed by atoms with E-state index in [-0.39, 0.29) is 23.8 Å². The van der Waals surface area contributed by atoms with E-state index >= 15 is 0 Å². The van der Waals surface area contributed by atoms with Crippen molar-refractivity contribution in [3.05, 3.63) is 63.7 Å². The molecule has 0 radical (unpaired) electrons. The molecule has 2 aromatic rings. The number of ketones is 1. The second-order valence-electron chi connectivity index (χ2n) is 5.42. The highest BCUT2D eigenvalue weighted by atomic mass is 16.6. The van der Waals surface area contributed by atoms with Gasteiger partial charge in [0.05, 0.1) is 4.92 Å². The van der Waals surface area contributed by atoms with E-state index in [0.29, 0.717) is 17.7 Å². The summed E-state index contributed by atoms with van der Waals surface area (Å²) in [6.45, 7) is 3.21. The molecular formula is C18H18N2O5. The Balaban J connectivity index is 1.97. The maximum Gasteiger partial charge on any atom is 0.293 e. The Labute approximate surface area is 144 Å². The van der Waals surface area contributed by atoms with Gasteiger partial charge in [0.2, 0.25) is 0 Å². The van der Waals surface area contributed by atoms with Crippen molar-refractivity contribution in [1.82, 2.24) is 0 Å². The van der Waals surface area contributed by atoms with Crippen LogP contribution in [0.25, 0.3) is 0 Å². The molecule has 2 rings (SSSR count). The number of amides is 1. The van der Waals surface area contributed by atoms with Crippen LogP contribution in [0.1, 0.15) is 29.3 Å². The average molecular weight is 342 g/mol. The van der Waals surface area contributed by atoms with Crippen molar-refractivity contribution in [2.45, 2.75) is 20.3 Å². The van der Waals surface area contributed by atoms with Gasteiger partial charge >= 0.3 is 0 Å². The zero-order chi connectivity index (χ0) is 18.4. The predicted molar refractivity (Wildman–Crippen MR) is 93.0 cm³/mol. The zero-order valence-electron chi connectivity index (χ0n) is 13.9. The van der Waals surface area contributed by atoms with Gasteiger partial charge in [0.15, 0.2) is 12.4 Å². The Morgan fingerprint density at radius 2 is 1.84 bits per heavy atom. The molecule has 130 valence electrons. The number of benzene rings is 2. The molecule has 0 aromatic heterocycles. The van der Waals surface area contributed by atoms with Crippen molar-refractivity contribution in [3.8, 4) is 5.75 Å². The summed E-state index contributed by atoms with van der Waals surface area (Å²) >= 11 is 0. The number of nitro benzene ring substituents is 1. The summed E-state index contributed by atoms with van der Waals surface area (Å²) in [5, 5.41) is 13.5. The van der Waals surface area contributed by atoms with Gasteiger partial charge in [-0.15, -0.1) is 0 Å². The fourth-order valence-corrected chi connectivity index (χ4v) is 2.17. The smallest absolute Gasteiger partial charge is 0.293 e. The summed E-state index contributed by atoms with van der Waals surface area (Å²) in [5.41, 5.74) is 1.25. The third kappa shape index (κ3) is 4.87. The van der Waals surface area contributed by atoms with E-state index in [9.17, 15) is 19.7 Å². The molecule has 0 saturated carbocycles. The molecule has 0 aliphatic heterocycles. The molecule has 25 heavy (non-hydrogen) atoms. The number of carbonyl (C=O) groups is 2. The van der Waals surface area contributed by atoms with Gasteiger partial charge < -0.3 is 10.1 Å². The SMILES string of the molecule is CCC(=O)c1ccc(OCC(=O)Nc2ccc(C)cc2[N+](=O)[O-])cc1. The van der Waals surface area contributed by atoms with Crippen LogP contribution in [0.15, 0.2) is 42.5 Å². The highest BCUT2D eigenvalue weighted by Gasteiger charge is 2.16. The minimum Gasteiger partial charge on any atom is -0.484 e. The first-order valence-corrected chi connectivity index (χ1v) is 7.71. The first kappa shape index (κ1) is 18.1. The Kier molecular flexibility index (Phi) is 5.84. The molecule has 1 N–H and O–H groups in total. The summed E-state index contributed by atoms with van der Waals surface area (Å²) in [7, 11) is 0. The minimum absolute atomic E-state index is 0.0240. The third-order valence-electron chi connectivity index (χ3n) is 3.49. The molecule has 0 bridgehead atoms. The van der Waals surface area contributed by atoms with Gasteiger partial charge in [-0.2, -0.15) is 0 Å². The van der Waals surface area contributed by atoms with E-state index in [1.165, 1.54) is 12.1 Å². The minimum atomic E-state index is -0.549. The van der Waals surface area contributed by atoms with Crippen molar-refractivity contribution in [3.63, 3.8) is 0 Å². The standard InChI is InChI=1S/C18H18N2O5/c1-3-17(21)13-5-7-14(8-6-13)25-11-18(22)19-15-9-4-12(2)10-16(15)20(23)24/h4-10H,3,11H2,1-2H3,(H,19,22). The van der Waals surface area contributed by atoms with Crippen LogP contribution in [0.2, 0.25) is 0 Å². The lowest BCUT2D eigenvalue weighted by Gasteiger charge is -2.09. The van der Waals surface area contributed by atoms with Crippen LogP contribution in [-0.4, -0.2) is 23.2 Å². The van der Waals surface area contributed by atoms with Crippen LogP contribution in [0.3, 0.4) is 0 Å². The van der Waals surface area contributed by atoms with Crippen LogP contribution in [0.5, 0.6) is 5.75 Å². The van der Waals surface area contributed by atoms with E-state index < -0.39 is 10.8 Å². The van der Waals surface area contributed by atoms with Gasteiger partial charge in [0, 0.05) is 18.1 Å². The van der Waals surface area contributed by atoms with Gasteiger partial charge in [-0.25, -0.2) is 0 Å². The summed E-state index contributed by atoms with van der Waals surface area (Å²) < 4.78 is 5.34. The quantitative estimate of drug-likeness (QED) is 0.471. The van der Waals surface area contributed by atoms with Gasteiger partial charge in [-0.1, -0.05) is 13.0 Å². The molecule has 7 heteroatoms. The molecule has 0 spiro atoms. The van der Waals surface area contributed by atoms with Crippen LogP contribution in [0.4, 0.5) is 11.4 Å². The van der Waals surface area contributed by atoms with Crippen molar-refractivity contribution in [2.24, 2.45) is 0 Å². The molecule has 7 nitrogen and oxygen atoms in total. The fraction of sp³-hybridized carbons (Fsp3) is 0.222. The fourth-order valence-electron chi connectivity index (χ4n) is 2.17. The lowest BCUT2D eigenvalue weighted by atomic mass is 10.1. The Morgan fingerprint density at radius 3 is 2.44 bits per heavy atom. The summed E-state index contributed by atoms with van der Waals surface area (Å²) in [6, 6.07) is 11.0. The largest absolute Gasteiger partial charge is 0.484 e. The normalized spacial score (nSPS) is 10.2. The number of nitro groups is 1. The number of carbonyl (C=O) groups excluding carboxylic acids is 2. The summed E-state index contributed by atoms with van der Waals surface area (Å²) in [6.07, 6.45) is 0.415. The van der Waals surface area contributed by atoms with Gasteiger partial charge in [-0.05, 0) is 42.8 Å². The van der Waals surface area contributed by atoms with Crippen LogP contribution in [-0.2, 0) is 4.79 Å². The number of aryl methyl sites for hydroxylation is 1. The number of hydrogen-bond donors (Lipinski definition) is 1. The number of hydrogen-bond acceptors (Lipinski definition) is 5. The van der Waals surface area contributed by atoms with E-state index in [2.05, 4.69) is 5.32 Å². The Morgan fingerprint density at radius 1 is 1.16 bits per heavy atom. The highest BCUT2D eigenvalue weighted by molar-refractivity contribution is 5.96. The molecule has 1 amide bonds. The van der Waals surface area contributed by atoms with Crippen molar-refractivity contribution in [1.29, 1.82) is 0 Å². The van der Waals surface area contributed by atoms with Gasteiger partial charge in [0.25, 0.3) is 11.6 Å². The maximum absolute atomic E-state index is 12.0. The zero-order valence-corrected chi connectivity index (χ0v) is 13.9. The van der Waals surface area contributed by atoms with E-state index in [4.69, 9.17) is 4.74 Å². The number of Topliss-reactive ketones (excluding diaryl/α,β-unsaturated/α-hetero) is 1. The second-order valence-corrected chi connectivity index (χ2v) is 5.42. The van der Waals surface area contributed by atoms with Crippen LogP contribution < -0.4 is 10.1 Å². The highest BCUT2D eigenvalue weighted by Crippen LogP contribution is 2.25. The topological polar surface area (TPSA) is 98.5 Å². The molecule has 0 saturated heterocycles. The molecule has 0 aliphatic rings. The number of nitrogens with zero attached hydrogens (tertiary/aromatic N) is 1. The average Bonchev–Trinajstić information content (AvgIpc) is 2.61. The van der Waals surface area contributed by atoms with Crippen molar-refractivity contribution in [2.75, 3.05) is 11.9 Å². The number of ether oxygens (including phenoxy) is 1. The molecular weight excluding hydrogens is 324 g/mol. The molecule has 0 heterocycles. The van der Waals surface area contributed by atoms with Crippen LogP contribution in [0, 0.1) is 17.0 Å². The molecule has 0 atom stereocenters. The lowest BCUT2D eigenvalue weighted by molar-refractivity contribution is -0.384. The number of rotatable bonds is 7. The maximum atomic E-state index is 12.0. The molecule has 0 unspecified atom stereocenters. The summed E-state index contributed by atoms with van der Waals surface area (Å²) in [5.74, 6) is -0.0575. The van der Waals surface area contributed by atoms with Gasteiger partial charge in [0.1, 0.15) is 11.4 Å². The van der Waals surface area contributed by atoms with Crippen molar-refractivity contribution >= 4 is 23.1 Å². The van der Waals surface area contributed by atoms with E-state index in [1.807, 2.05) is 0 Å². The Bertz CT molecular complexity index is 800. The first-order chi connectivity index (χ1) is 11.9. The molecule has 0 aliphatic carbocycles. The van der Waals surface area contributed by atoms with E-state index in [0.717, 1.165) is 5.56 Å². The van der Waals surface area contributed by atoms with E-state index in [1.54, 1.807) is 44.2 Å². The third-order valence-corrected chi connectivity index (χ3v) is 3.49. The van der Waals surface area contributed by atoms with Gasteiger partial charge in [-0.3, -0.25) is 19.7 Å². The first-order valence-electron chi connectivity index (χ1n) is 7.71. The molecule has 2 aromatic carbocycles. The second kappa shape index (κ2) is 8.05. The Hall–Kier alpha value is -3.22. The summed E-state index contributed by atoms with van der Waals surface area (Å²) in [4.78, 5) is 34.0. The molecule has 0 fully saturated rings. The monoisotopic (exact) mass is 342 g/mol. The van der Waals surface area contributed by atoms with Crippen LogP contribution >= 0.6 is 0 Å². The predicted octanol–water partition coefficient (Wildman–Crippen LogP) is 3.51. The number of nitrogens with one attached hydrogen (secondary N) is 1. The lowest BCUT2D eigenvalue weighted by Crippen LogP contribution is -2.20. The van der Waals surface area contributed by atoms with Crippen molar-refractivity contribution < 1.29 is 19.2 Å². The number of anilines is 1.